The van der Waals surface area contributed by atoms with E-state index in [0.717, 1.165) is 12.1 Å². The van der Waals surface area contributed by atoms with Crippen molar-refractivity contribution >= 4 is 5.97 Å². The van der Waals surface area contributed by atoms with Crippen LogP contribution in [0.25, 0.3) is 0 Å². The molecule has 0 spiro atoms. The normalized spacial score (nSPS) is 9.75. The molecule has 0 saturated carbocycles. The maximum atomic E-state index is 12.5. The maximum absolute atomic E-state index is 12.5. The second-order valence-corrected chi connectivity index (χ2v) is 2.39. The molecule has 0 aliphatic rings. The molecule has 4 heteroatoms. The number of halogens is 1. The molecule has 0 atom stereocenters. The number of hydrogen-bond acceptors (Lipinski definition) is 2. The molecule has 1 rings (SSSR count). The molecule has 0 radical (unpaired) electrons. The van der Waals surface area contributed by atoms with Gasteiger partial charge in [0.2, 0.25) is 0 Å². The predicted molar refractivity (Wildman–Crippen MR) is 39.4 cm³/mol. The van der Waals surface area contributed by atoms with E-state index in [1.165, 1.54) is 6.07 Å². The van der Waals surface area contributed by atoms with Crippen molar-refractivity contribution in [2.45, 2.75) is 6.42 Å². The number of carboxylic acids is 1. The lowest BCUT2D eigenvalue weighted by Gasteiger charge is -1.98. The van der Waals surface area contributed by atoms with Gasteiger partial charge < -0.3 is 10.2 Å². The van der Waals surface area contributed by atoms with Gasteiger partial charge >= 0.3 is 5.97 Å². The van der Waals surface area contributed by atoms with E-state index >= 15 is 0 Å². The zero-order chi connectivity index (χ0) is 9.14. The molecule has 0 aliphatic carbocycles. The van der Waals surface area contributed by atoms with E-state index in [9.17, 15) is 9.18 Å². The standard InChI is InChI=1S/C8H7FO3/c9-6-1-5(3-8(11)12)2-7(10)4-6/h1-2,4,10H,3H2,(H,11,12). The quantitative estimate of drug-likeness (QED) is 0.700. The van der Waals surface area contributed by atoms with E-state index in [1.54, 1.807) is 0 Å². The first-order valence-corrected chi connectivity index (χ1v) is 3.28. The Labute approximate surface area is 68.1 Å². The molecule has 0 unspecified atom stereocenters. The van der Waals surface area contributed by atoms with Crippen molar-refractivity contribution in [1.82, 2.24) is 0 Å². The molecule has 0 saturated heterocycles. The SMILES string of the molecule is O=C(O)Cc1cc(O)cc(F)c1. The van der Waals surface area contributed by atoms with Crippen LogP contribution in [0.3, 0.4) is 0 Å². The summed E-state index contributed by atoms with van der Waals surface area (Å²) in [5.74, 6) is -1.95. The number of aromatic hydroxyl groups is 1. The van der Waals surface area contributed by atoms with Gasteiger partial charge in [0.15, 0.2) is 0 Å². The van der Waals surface area contributed by atoms with Crippen LogP contribution in [0.5, 0.6) is 5.75 Å². The van der Waals surface area contributed by atoms with Crippen LogP contribution in [0.15, 0.2) is 18.2 Å². The van der Waals surface area contributed by atoms with Gasteiger partial charge in [-0.15, -0.1) is 0 Å². The fourth-order valence-corrected chi connectivity index (χ4v) is 0.910. The lowest BCUT2D eigenvalue weighted by Crippen LogP contribution is -1.99. The highest BCUT2D eigenvalue weighted by Crippen LogP contribution is 2.14. The number of phenolic OH excluding ortho intramolecular Hbond substituents is 1. The molecule has 0 heterocycles. The Morgan fingerprint density at radius 2 is 2.08 bits per heavy atom. The van der Waals surface area contributed by atoms with Gasteiger partial charge in [-0.25, -0.2) is 4.39 Å². The van der Waals surface area contributed by atoms with Gasteiger partial charge in [-0.2, -0.15) is 0 Å². The van der Waals surface area contributed by atoms with Crippen molar-refractivity contribution < 1.29 is 19.4 Å². The summed E-state index contributed by atoms with van der Waals surface area (Å²) in [6, 6.07) is 3.22. The van der Waals surface area contributed by atoms with Crippen molar-refractivity contribution in [2.24, 2.45) is 0 Å². The van der Waals surface area contributed by atoms with E-state index in [2.05, 4.69) is 0 Å². The molecule has 0 aromatic heterocycles. The summed E-state index contributed by atoms with van der Waals surface area (Å²) in [5.41, 5.74) is 0.250. The molecular weight excluding hydrogens is 163 g/mol. The zero-order valence-corrected chi connectivity index (χ0v) is 6.12. The lowest BCUT2D eigenvalue weighted by molar-refractivity contribution is -0.136. The third kappa shape index (κ3) is 2.23. The molecule has 0 amide bonds. The molecule has 0 aliphatic heterocycles. The van der Waals surface area contributed by atoms with Crippen LogP contribution < -0.4 is 0 Å². The Bertz CT molecular complexity index is 289. The van der Waals surface area contributed by atoms with Crippen molar-refractivity contribution in [3.05, 3.63) is 29.6 Å². The Balaban J connectivity index is 2.93. The number of hydrogen-bond donors (Lipinski definition) is 2. The van der Waals surface area contributed by atoms with Crippen LogP contribution in [0.4, 0.5) is 4.39 Å². The fourth-order valence-electron chi connectivity index (χ4n) is 0.910. The summed E-state index contributed by atoms with van der Waals surface area (Å²) in [6.45, 7) is 0. The van der Waals surface area contributed by atoms with Crippen molar-refractivity contribution in [3.63, 3.8) is 0 Å². The van der Waals surface area contributed by atoms with E-state index < -0.39 is 11.8 Å². The number of carbonyl (C=O) groups is 1. The third-order valence-electron chi connectivity index (χ3n) is 1.30. The summed E-state index contributed by atoms with van der Waals surface area (Å²) in [4.78, 5) is 10.2. The largest absolute Gasteiger partial charge is 0.508 e. The first-order valence-electron chi connectivity index (χ1n) is 3.28. The zero-order valence-electron chi connectivity index (χ0n) is 6.12. The molecular formula is C8H7FO3. The second-order valence-electron chi connectivity index (χ2n) is 2.39. The average Bonchev–Trinajstić information content (AvgIpc) is 1.81. The van der Waals surface area contributed by atoms with E-state index in [1.807, 2.05) is 0 Å². The van der Waals surface area contributed by atoms with Crippen molar-refractivity contribution in [2.75, 3.05) is 0 Å². The Kier molecular flexibility index (Phi) is 2.28. The topological polar surface area (TPSA) is 57.5 Å². The maximum Gasteiger partial charge on any atom is 0.307 e. The number of phenols is 1. The van der Waals surface area contributed by atoms with Crippen molar-refractivity contribution in [1.29, 1.82) is 0 Å². The van der Waals surface area contributed by atoms with Crippen LogP contribution in [-0.2, 0) is 11.2 Å². The monoisotopic (exact) mass is 170 g/mol. The number of aliphatic carboxylic acids is 1. The number of benzene rings is 1. The van der Waals surface area contributed by atoms with Crippen molar-refractivity contribution in [3.8, 4) is 5.75 Å². The molecule has 12 heavy (non-hydrogen) atoms. The minimum atomic E-state index is -1.06. The summed E-state index contributed by atoms with van der Waals surface area (Å²) in [5, 5.41) is 17.2. The predicted octanol–water partition coefficient (Wildman–Crippen LogP) is 1.16. The van der Waals surface area contributed by atoms with Crippen LogP contribution in [0, 0.1) is 5.82 Å². The van der Waals surface area contributed by atoms with E-state index in [-0.39, 0.29) is 17.7 Å². The van der Waals surface area contributed by atoms with Gasteiger partial charge in [0.1, 0.15) is 11.6 Å². The Morgan fingerprint density at radius 1 is 1.42 bits per heavy atom. The summed E-state index contributed by atoms with van der Waals surface area (Å²) in [7, 11) is 0. The Morgan fingerprint density at radius 3 is 2.58 bits per heavy atom. The highest BCUT2D eigenvalue weighted by atomic mass is 19.1. The van der Waals surface area contributed by atoms with Gasteiger partial charge in [-0.3, -0.25) is 4.79 Å². The molecule has 0 fully saturated rings. The summed E-state index contributed by atoms with van der Waals surface area (Å²) < 4.78 is 12.5. The second kappa shape index (κ2) is 3.21. The molecule has 2 N–H and O–H groups in total. The van der Waals surface area contributed by atoms with Crippen LogP contribution in [0.1, 0.15) is 5.56 Å². The van der Waals surface area contributed by atoms with Gasteiger partial charge in [-0.05, 0) is 17.7 Å². The van der Waals surface area contributed by atoms with Crippen LogP contribution in [-0.4, -0.2) is 16.2 Å². The molecule has 3 nitrogen and oxygen atoms in total. The highest BCUT2D eigenvalue weighted by Gasteiger charge is 2.03. The van der Waals surface area contributed by atoms with Crippen LogP contribution >= 0.6 is 0 Å². The average molecular weight is 170 g/mol. The lowest BCUT2D eigenvalue weighted by atomic mass is 10.1. The molecule has 64 valence electrons. The van der Waals surface area contributed by atoms with E-state index in [0.29, 0.717) is 0 Å². The number of rotatable bonds is 2. The third-order valence-corrected chi connectivity index (χ3v) is 1.30. The van der Waals surface area contributed by atoms with E-state index in [4.69, 9.17) is 10.2 Å². The van der Waals surface area contributed by atoms with Gasteiger partial charge in [0.25, 0.3) is 0 Å². The number of carboxylic acid groups (broad SMARTS) is 1. The fraction of sp³-hybridized carbons (Fsp3) is 0.125. The molecule has 1 aromatic rings. The van der Waals surface area contributed by atoms with Gasteiger partial charge in [0.05, 0.1) is 6.42 Å². The van der Waals surface area contributed by atoms with Gasteiger partial charge in [-0.1, -0.05) is 0 Å². The minimum absolute atomic E-state index is 0.250. The summed E-state index contributed by atoms with van der Waals surface area (Å²) in [6.07, 6.45) is -0.286. The first-order chi connectivity index (χ1) is 5.58. The molecule has 0 bridgehead atoms. The molecule has 1 aromatic carbocycles. The van der Waals surface area contributed by atoms with Crippen LogP contribution in [0.2, 0.25) is 0 Å². The highest BCUT2D eigenvalue weighted by molar-refractivity contribution is 5.70. The minimum Gasteiger partial charge on any atom is -0.508 e. The first kappa shape index (κ1) is 8.52. The van der Waals surface area contributed by atoms with Gasteiger partial charge in [0, 0.05) is 6.07 Å². The Hall–Kier alpha value is -1.58. The summed E-state index contributed by atoms with van der Waals surface area (Å²) >= 11 is 0. The smallest absolute Gasteiger partial charge is 0.307 e.